The number of aromatic hydroxyl groups is 2. The molecule has 2 rings (SSSR count). The van der Waals surface area contributed by atoms with Crippen molar-refractivity contribution in [3.63, 3.8) is 0 Å². The molecular weight excluding hydrogens is 322 g/mol. The number of aromatic nitrogens is 1. The lowest BCUT2D eigenvalue weighted by molar-refractivity contribution is 0.0471. The molecule has 0 unspecified atom stereocenters. The predicted molar refractivity (Wildman–Crippen MR) is 93.2 cm³/mol. The molecule has 0 aliphatic rings. The number of aryl methyl sites for hydroxylation is 2. The SMILES string of the molecule is C=CCn1c(C)cc(C(=O)COC(=O)c2ccc(C)c(O)c2O)c1C. The van der Waals surface area contributed by atoms with Gasteiger partial charge in [-0.1, -0.05) is 12.1 Å². The van der Waals surface area contributed by atoms with Gasteiger partial charge in [-0.25, -0.2) is 4.79 Å². The summed E-state index contributed by atoms with van der Waals surface area (Å²) in [5.74, 6) is -2.15. The molecule has 132 valence electrons. The molecular formula is C19H21NO5. The number of allylic oxidation sites excluding steroid dienone is 1. The Bertz CT molecular complexity index is 848. The lowest BCUT2D eigenvalue weighted by Crippen LogP contribution is -2.15. The zero-order valence-corrected chi connectivity index (χ0v) is 14.5. The lowest BCUT2D eigenvalue weighted by Gasteiger charge is -2.09. The number of hydrogen-bond donors (Lipinski definition) is 2. The van der Waals surface area contributed by atoms with Crippen molar-refractivity contribution in [1.82, 2.24) is 4.57 Å². The summed E-state index contributed by atoms with van der Waals surface area (Å²) in [5, 5.41) is 19.5. The predicted octanol–water partition coefficient (Wildman–Crippen LogP) is 3.05. The maximum atomic E-state index is 12.3. The van der Waals surface area contributed by atoms with Crippen molar-refractivity contribution in [1.29, 1.82) is 0 Å². The maximum absolute atomic E-state index is 12.3. The van der Waals surface area contributed by atoms with E-state index in [1.807, 2.05) is 18.4 Å². The molecule has 0 amide bonds. The molecule has 2 aromatic rings. The third-order valence-corrected chi connectivity index (χ3v) is 4.09. The van der Waals surface area contributed by atoms with Crippen LogP contribution in [0.15, 0.2) is 30.9 Å². The first-order chi connectivity index (χ1) is 11.8. The first-order valence-electron chi connectivity index (χ1n) is 7.77. The van der Waals surface area contributed by atoms with Gasteiger partial charge in [-0.05, 0) is 38.5 Å². The normalized spacial score (nSPS) is 10.5. The van der Waals surface area contributed by atoms with Crippen LogP contribution in [0, 0.1) is 20.8 Å². The summed E-state index contributed by atoms with van der Waals surface area (Å²) in [7, 11) is 0. The number of nitrogens with zero attached hydrogens (tertiary/aromatic N) is 1. The topological polar surface area (TPSA) is 88.8 Å². The fourth-order valence-electron chi connectivity index (χ4n) is 2.63. The summed E-state index contributed by atoms with van der Waals surface area (Å²) >= 11 is 0. The molecule has 1 heterocycles. The molecule has 25 heavy (non-hydrogen) atoms. The third kappa shape index (κ3) is 3.57. The Morgan fingerprint density at radius 3 is 2.48 bits per heavy atom. The Labute approximate surface area is 146 Å². The van der Waals surface area contributed by atoms with E-state index in [1.54, 1.807) is 19.1 Å². The molecule has 0 spiro atoms. The van der Waals surface area contributed by atoms with Gasteiger partial charge in [0, 0.05) is 23.5 Å². The van der Waals surface area contributed by atoms with Gasteiger partial charge >= 0.3 is 5.97 Å². The number of phenolic OH excluding ortho intramolecular Hbond substituents is 2. The Balaban J connectivity index is 2.13. The average molecular weight is 343 g/mol. The summed E-state index contributed by atoms with van der Waals surface area (Å²) in [5.41, 5.74) is 2.40. The van der Waals surface area contributed by atoms with Crippen LogP contribution in [0.3, 0.4) is 0 Å². The number of phenols is 2. The molecule has 0 bridgehead atoms. The van der Waals surface area contributed by atoms with E-state index < -0.39 is 18.3 Å². The molecule has 0 aliphatic carbocycles. The minimum Gasteiger partial charge on any atom is -0.504 e. The molecule has 0 radical (unpaired) electrons. The van der Waals surface area contributed by atoms with Crippen molar-refractivity contribution < 1.29 is 24.5 Å². The van der Waals surface area contributed by atoms with Crippen molar-refractivity contribution >= 4 is 11.8 Å². The van der Waals surface area contributed by atoms with E-state index >= 15 is 0 Å². The smallest absolute Gasteiger partial charge is 0.342 e. The van der Waals surface area contributed by atoms with Crippen molar-refractivity contribution in [2.24, 2.45) is 0 Å². The van der Waals surface area contributed by atoms with Crippen LogP contribution in [0.1, 0.15) is 37.7 Å². The highest BCUT2D eigenvalue weighted by Gasteiger charge is 2.20. The van der Waals surface area contributed by atoms with Crippen molar-refractivity contribution in [3.05, 3.63) is 58.9 Å². The molecule has 6 nitrogen and oxygen atoms in total. The zero-order valence-electron chi connectivity index (χ0n) is 14.5. The van der Waals surface area contributed by atoms with E-state index in [0.29, 0.717) is 17.7 Å². The van der Waals surface area contributed by atoms with Crippen LogP contribution in [0.25, 0.3) is 0 Å². The van der Waals surface area contributed by atoms with Crippen LogP contribution in [0.5, 0.6) is 11.5 Å². The van der Waals surface area contributed by atoms with Crippen LogP contribution in [0.2, 0.25) is 0 Å². The first-order valence-corrected chi connectivity index (χ1v) is 7.77. The fourth-order valence-corrected chi connectivity index (χ4v) is 2.63. The first kappa shape index (κ1) is 18.3. The number of ketones is 1. The van der Waals surface area contributed by atoms with Gasteiger partial charge in [0.25, 0.3) is 0 Å². The number of benzene rings is 1. The number of rotatable bonds is 6. The van der Waals surface area contributed by atoms with E-state index in [1.165, 1.54) is 12.1 Å². The fraction of sp³-hybridized carbons (Fsp3) is 0.263. The molecule has 1 aromatic heterocycles. The quantitative estimate of drug-likeness (QED) is 0.364. The molecule has 2 N–H and O–H groups in total. The van der Waals surface area contributed by atoms with Gasteiger partial charge < -0.3 is 19.5 Å². The molecule has 1 aromatic carbocycles. The van der Waals surface area contributed by atoms with Crippen LogP contribution >= 0.6 is 0 Å². The van der Waals surface area contributed by atoms with E-state index in [9.17, 15) is 19.8 Å². The highest BCUT2D eigenvalue weighted by molar-refractivity contribution is 6.01. The standard InChI is InChI=1S/C19H21NO5/c1-5-8-20-12(3)9-15(13(20)4)16(21)10-25-19(24)14-7-6-11(2)17(22)18(14)23/h5-7,9,22-23H,1,8,10H2,2-4H3. The number of Topliss-reactive ketones (excluding diaryl/α,β-unsaturated/α-hetero) is 1. The number of ether oxygens (including phenoxy) is 1. The highest BCUT2D eigenvalue weighted by Crippen LogP contribution is 2.32. The van der Waals surface area contributed by atoms with Gasteiger partial charge in [-0.15, -0.1) is 6.58 Å². The second-order valence-electron chi connectivity index (χ2n) is 5.81. The van der Waals surface area contributed by atoms with E-state index in [0.717, 1.165) is 11.4 Å². The second-order valence-corrected chi connectivity index (χ2v) is 5.81. The van der Waals surface area contributed by atoms with Crippen molar-refractivity contribution in [2.75, 3.05) is 6.61 Å². The highest BCUT2D eigenvalue weighted by atomic mass is 16.5. The van der Waals surface area contributed by atoms with Crippen molar-refractivity contribution in [2.45, 2.75) is 27.3 Å². The van der Waals surface area contributed by atoms with E-state index in [-0.39, 0.29) is 17.1 Å². The van der Waals surface area contributed by atoms with Gasteiger partial charge in [0.2, 0.25) is 5.78 Å². The summed E-state index contributed by atoms with van der Waals surface area (Å²) < 4.78 is 6.93. The molecule has 0 atom stereocenters. The molecule has 0 aliphatic heterocycles. The maximum Gasteiger partial charge on any atom is 0.342 e. The minimum atomic E-state index is -0.874. The summed E-state index contributed by atoms with van der Waals surface area (Å²) in [4.78, 5) is 24.4. The number of carbonyl (C=O) groups is 2. The van der Waals surface area contributed by atoms with Crippen LogP contribution in [0.4, 0.5) is 0 Å². The van der Waals surface area contributed by atoms with Crippen molar-refractivity contribution in [3.8, 4) is 11.5 Å². The van der Waals surface area contributed by atoms with Crippen LogP contribution < -0.4 is 0 Å². The monoisotopic (exact) mass is 343 g/mol. The zero-order chi connectivity index (χ0) is 18.7. The van der Waals surface area contributed by atoms with E-state index in [4.69, 9.17) is 4.74 Å². The molecule has 0 saturated carbocycles. The van der Waals surface area contributed by atoms with Gasteiger partial charge in [-0.2, -0.15) is 0 Å². The van der Waals surface area contributed by atoms with Gasteiger partial charge in [0.05, 0.1) is 0 Å². The summed E-state index contributed by atoms with van der Waals surface area (Å²) in [6, 6.07) is 4.56. The lowest BCUT2D eigenvalue weighted by atomic mass is 10.1. The molecule has 0 saturated heterocycles. The second kappa shape index (κ2) is 7.25. The van der Waals surface area contributed by atoms with Gasteiger partial charge in [0.15, 0.2) is 18.1 Å². The summed E-state index contributed by atoms with van der Waals surface area (Å²) in [6.07, 6.45) is 1.74. The third-order valence-electron chi connectivity index (χ3n) is 4.09. The number of carbonyl (C=O) groups excluding carboxylic acids is 2. The van der Waals surface area contributed by atoms with Crippen LogP contribution in [-0.4, -0.2) is 33.1 Å². The Morgan fingerprint density at radius 2 is 1.84 bits per heavy atom. The van der Waals surface area contributed by atoms with Gasteiger partial charge in [0.1, 0.15) is 5.56 Å². The minimum absolute atomic E-state index is 0.187. The van der Waals surface area contributed by atoms with Gasteiger partial charge in [-0.3, -0.25) is 4.79 Å². The number of esters is 1. The molecule has 0 fully saturated rings. The Hall–Kier alpha value is -3.02. The summed E-state index contributed by atoms with van der Waals surface area (Å²) in [6.45, 7) is 9.11. The van der Waals surface area contributed by atoms with Crippen LogP contribution in [-0.2, 0) is 11.3 Å². The Morgan fingerprint density at radius 1 is 1.16 bits per heavy atom. The largest absolute Gasteiger partial charge is 0.504 e. The number of hydrogen-bond acceptors (Lipinski definition) is 5. The average Bonchev–Trinajstić information content (AvgIpc) is 2.86. The Kier molecular flexibility index (Phi) is 5.32. The molecule has 6 heteroatoms. The van der Waals surface area contributed by atoms with E-state index in [2.05, 4.69) is 6.58 Å².